The van der Waals surface area contributed by atoms with Crippen molar-refractivity contribution in [2.45, 2.75) is 20.3 Å². The van der Waals surface area contributed by atoms with Gasteiger partial charge in [0, 0.05) is 18.0 Å². The molecule has 0 fully saturated rings. The van der Waals surface area contributed by atoms with Crippen LogP contribution in [-0.2, 0) is 6.42 Å². The van der Waals surface area contributed by atoms with Crippen LogP contribution in [0.15, 0.2) is 60.9 Å². The van der Waals surface area contributed by atoms with Crippen molar-refractivity contribution in [3.05, 3.63) is 72.1 Å². The van der Waals surface area contributed by atoms with Crippen LogP contribution in [-0.4, -0.2) is 9.55 Å². The Bertz CT molecular complexity index is 711. The molecule has 0 bridgehead atoms. The van der Waals surface area contributed by atoms with Gasteiger partial charge in [0.25, 0.3) is 0 Å². The van der Waals surface area contributed by atoms with Gasteiger partial charge in [-0.05, 0) is 24.5 Å². The Kier molecular flexibility index (Phi) is 3.38. The summed E-state index contributed by atoms with van der Waals surface area (Å²) in [6.45, 7) is 4.35. The van der Waals surface area contributed by atoms with Gasteiger partial charge in [-0.2, -0.15) is 0 Å². The number of hydrogen-bond acceptors (Lipinski definition) is 1. The molecule has 0 aliphatic heterocycles. The van der Waals surface area contributed by atoms with Crippen molar-refractivity contribution in [3.63, 3.8) is 0 Å². The van der Waals surface area contributed by atoms with Crippen LogP contribution < -0.4 is 0 Å². The lowest BCUT2D eigenvalue weighted by molar-refractivity contribution is 0.996. The Hall–Kier alpha value is -2.35. The number of hydrogen-bond donors (Lipinski definition) is 0. The predicted octanol–water partition coefficient (Wildman–Crippen LogP) is 4.41. The molecule has 0 unspecified atom stereocenters. The highest BCUT2D eigenvalue weighted by Crippen LogP contribution is 2.26. The Morgan fingerprint density at radius 3 is 2.55 bits per heavy atom. The molecule has 0 aliphatic carbocycles. The predicted molar refractivity (Wildman–Crippen MR) is 83.1 cm³/mol. The molecule has 0 atom stereocenters. The van der Waals surface area contributed by atoms with Gasteiger partial charge in [-0.15, -0.1) is 0 Å². The van der Waals surface area contributed by atoms with E-state index in [4.69, 9.17) is 0 Å². The van der Waals surface area contributed by atoms with Crippen LogP contribution in [0.25, 0.3) is 17.1 Å². The average molecular weight is 262 g/mol. The summed E-state index contributed by atoms with van der Waals surface area (Å²) >= 11 is 0. The maximum atomic E-state index is 4.54. The largest absolute Gasteiger partial charge is 0.299 e. The number of nitrogens with zero attached hydrogens (tertiary/aromatic N) is 2. The zero-order valence-electron chi connectivity index (χ0n) is 11.9. The molecule has 3 rings (SSSR count). The van der Waals surface area contributed by atoms with E-state index in [1.807, 2.05) is 30.6 Å². The first-order chi connectivity index (χ1) is 9.81. The lowest BCUT2D eigenvalue weighted by Gasteiger charge is -2.15. The third-order valence-electron chi connectivity index (χ3n) is 3.62. The molecule has 20 heavy (non-hydrogen) atoms. The summed E-state index contributed by atoms with van der Waals surface area (Å²) in [4.78, 5) is 4.54. The van der Waals surface area contributed by atoms with Crippen LogP contribution in [0.4, 0.5) is 0 Å². The standard InChI is InChI=1S/C18H18N2/c1-3-15-11-7-8-14(2)17(15)20-13-12-19-18(20)16-9-5-4-6-10-16/h4-13H,3H2,1-2H3. The second-order valence-electron chi connectivity index (χ2n) is 4.92. The second kappa shape index (κ2) is 5.33. The van der Waals surface area contributed by atoms with Crippen molar-refractivity contribution in [2.24, 2.45) is 0 Å². The number of para-hydroxylation sites is 1. The number of aryl methyl sites for hydroxylation is 2. The van der Waals surface area contributed by atoms with Crippen LogP contribution >= 0.6 is 0 Å². The zero-order chi connectivity index (χ0) is 13.9. The molecule has 0 spiro atoms. The molecule has 0 N–H and O–H groups in total. The van der Waals surface area contributed by atoms with Gasteiger partial charge in [-0.25, -0.2) is 4.98 Å². The number of benzene rings is 2. The van der Waals surface area contributed by atoms with Crippen molar-refractivity contribution < 1.29 is 0 Å². The summed E-state index contributed by atoms with van der Waals surface area (Å²) in [6.07, 6.45) is 4.93. The van der Waals surface area contributed by atoms with E-state index in [1.54, 1.807) is 0 Å². The summed E-state index contributed by atoms with van der Waals surface area (Å²) in [5.41, 5.74) is 5.02. The zero-order valence-corrected chi connectivity index (χ0v) is 11.9. The molecule has 100 valence electrons. The quantitative estimate of drug-likeness (QED) is 0.683. The molecule has 2 nitrogen and oxygen atoms in total. The minimum Gasteiger partial charge on any atom is -0.299 e. The number of aromatic nitrogens is 2. The molecular weight excluding hydrogens is 244 g/mol. The molecule has 2 heteroatoms. The van der Waals surface area contributed by atoms with Crippen LogP contribution in [0, 0.1) is 6.92 Å². The minimum absolute atomic E-state index is 0.995. The molecule has 0 saturated carbocycles. The van der Waals surface area contributed by atoms with E-state index in [1.165, 1.54) is 16.8 Å². The van der Waals surface area contributed by atoms with E-state index < -0.39 is 0 Å². The topological polar surface area (TPSA) is 17.8 Å². The van der Waals surface area contributed by atoms with Gasteiger partial charge < -0.3 is 0 Å². The molecule has 0 radical (unpaired) electrons. The molecular formula is C18H18N2. The van der Waals surface area contributed by atoms with Gasteiger partial charge in [0.1, 0.15) is 5.82 Å². The van der Waals surface area contributed by atoms with Gasteiger partial charge in [-0.3, -0.25) is 4.57 Å². The third kappa shape index (κ3) is 2.14. The maximum Gasteiger partial charge on any atom is 0.144 e. The monoisotopic (exact) mass is 262 g/mol. The summed E-state index contributed by atoms with van der Waals surface area (Å²) in [5, 5.41) is 0. The summed E-state index contributed by atoms with van der Waals surface area (Å²) in [6, 6.07) is 16.8. The molecule has 0 aliphatic rings. The normalized spacial score (nSPS) is 10.7. The highest BCUT2D eigenvalue weighted by Gasteiger charge is 2.12. The van der Waals surface area contributed by atoms with Crippen LogP contribution in [0.5, 0.6) is 0 Å². The summed E-state index contributed by atoms with van der Waals surface area (Å²) in [7, 11) is 0. The van der Waals surface area contributed by atoms with E-state index >= 15 is 0 Å². The van der Waals surface area contributed by atoms with Crippen molar-refractivity contribution in [1.29, 1.82) is 0 Å². The Morgan fingerprint density at radius 1 is 1.00 bits per heavy atom. The van der Waals surface area contributed by atoms with Crippen molar-refractivity contribution in [3.8, 4) is 17.1 Å². The minimum atomic E-state index is 0.995. The molecule has 2 aromatic carbocycles. The van der Waals surface area contributed by atoms with E-state index in [2.05, 4.69) is 53.7 Å². The van der Waals surface area contributed by atoms with E-state index in [9.17, 15) is 0 Å². The third-order valence-corrected chi connectivity index (χ3v) is 3.62. The first kappa shape index (κ1) is 12.7. The molecule has 3 aromatic rings. The van der Waals surface area contributed by atoms with E-state index in [0.717, 1.165) is 17.8 Å². The fraction of sp³-hybridized carbons (Fsp3) is 0.167. The fourth-order valence-corrected chi connectivity index (χ4v) is 2.63. The van der Waals surface area contributed by atoms with Crippen LogP contribution in [0.2, 0.25) is 0 Å². The molecule has 0 amide bonds. The Labute approximate surface area is 119 Å². The highest BCUT2D eigenvalue weighted by molar-refractivity contribution is 5.61. The average Bonchev–Trinajstić information content (AvgIpc) is 2.96. The Morgan fingerprint density at radius 2 is 1.80 bits per heavy atom. The first-order valence-electron chi connectivity index (χ1n) is 6.99. The number of imidazole rings is 1. The van der Waals surface area contributed by atoms with Crippen LogP contribution in [0.1, 0.15) is 18.1 Å². The van der Waals surface area contributed by atoms with E-state index in [0.29, 0.717) is 0 Å². The lowest BCUT2D eigenvalue weighted by atomic mass is 10.1. The smallest absolute Gasteiger partial charge is 0.144 e. The van der Waals surface area contributed by atoms with Gasteiger partial charge in [0.05, 0.1) is 5.69 Å². The van der Waals surface area contributed by atoms with Gasteiger partial charge in [0.2, 0.25) is 0 Å². The first-order valence-corrected chi connectivity index (χ1v) is 6.99. The lowest BCUT2D eigenvalue weighted by Crippen LogP contribution is -2.03. The van der Waals surface area contributed by atoms with Crippen molar-refractivity contribution in [1.82, 2.24) is 9.55 Å². The molecule has 1 aromatic heterocycles. The SMILES string of the molecule is CCc1cccc(C)c1-n1ccnc1-c1ccccc1. The van der Waals surface area contributed by atoms with Gasteiger partial charge >= 0.3 is 0 Å². The van der Waals surface area contributed by atoms with Crippen LogP contribution in [0.3, 0.4) is 0 Å². The summed E-state index contributed by atoms with van der Waals surface area (Å²) in [5.74, 6) is 0.995. The van der Waals surface area contributed by atoms with Gasteiger partial charge in [-0.1, -0.05) is 55.5 Å². The van der Waals surface area contributed by atoms with Crippen molar-refractivity contribution >= 4 is 0 Å². The molecule has 1 heterocycles. The fourth-order valence-electron chi connectivity index (χ4n) is 2.63. The van der Waals surface area contributed by atoms with Gasteiger partial charge in [0.15, 0.2) is 0 Å². The maximum absolute atomic E-state index is 4.54. The number of rotatable bonds is 3. The Balaban J connectivity index is 2.21. The van der Waals surface area contributed by atoms with Crippen molar-refractivity contribution in [2.75, 3.05) is 0 Å². The van der Waals surface area contributed by atoms with E-state index in [-0.39, 0.29) is 0 Å². The highest BCUT2D eigenvalue weighted by atomic mass is 15.1. The summed E-state index contributed by atoms with van der Waals surface area (Å²) < 4.78 is 2.20. The molecule has 0 saturated heterocycles. The second-order valence-corrected chi connectivity index (χ2v) is 4.92.